The third-order valence-electron chi connectivity index (χ3n) is 3.53. The maximum atomic E-state index is 13.3. The number of rotatable bonds is 6. The van der Waals surface area contributed by atoms with E-state index in [1.165, 1.54) is 12.1 Å². The van der Waals surface area contributed by atoms with Crippen LogP contribution in [-0.2, 0) is 6.42 Å². The van der Waals surface area contributed by atoms with Crippen LogP contribution in [0.5, 0.6) is 11.5 Å². The molecule has 1 unspecified atom stereocenters. The first kappa shape index (κ1) is 15.3. The summed E-state index contributed by atoms with van der Waals surface area (Å²) in [5.41, 5.74) is 7.80. The molecule has 4 heteroatoms. The Bertz CT molecular complexity index is 601. The second kappa shape index (κ2) is 7.09. The van der Waals surface area contributed by atoms with E-state index in [1.54, 1.807) is 20.3 Å². The highest BCUT2D eigenvalue weighted by Gasteiger charge is 2.17. The molecule has 0 bridgehead atoms. The summed E-state index contributed by atoms with van der Waals surface area (Å²) in [6.07, 6.45) is 0.651. The monoisotopic (exact) mass is 289 g/mol. The van der Waals surface area contributed by atoms with Crippen molar-refractivity contribution in [2.24, 2.45) is 5.73 Å². The third kappa shape index (κ3) is 3.73. The first-order valence-corrected chi connectivity index (χ1v) is 6.84. The van der Waals surface area contributed by atoms with Gasteiger partial charge in [0.05, 0.1) is 14.2 Å². The summed E-state index contributed by atoms with van der Waals surface area (Å²) in [5.74, 6) is 1.32. The molecule has 0 saturated heterocycles. The third-order valence-corrected chi connectivity index (χ3v) is 3.53. The van der Waals surface area contributed by atoms with Gasteiger partial charge in [0.25, 0.3) is 0 Å². The molecule has 0 spiro atoms. The number of ether oxygens (including phenoxy) is 2. The molecule has 0 aliphatic rings. The minimum atomic E-state index is -0.235. The summed E-state index contributed by atoms with van der Waals surface area (Å²) in [6.45, 7) is 0.444. The number of methoxy groups -OCH3 is 2. The quantitative estimate of drug-likeness (QED) is 0.888. The van der Waals surface area contributed by atoms with Crippen molar-refractivity contribution in [3.63, 3.8) is 0 Å². The molecule has 0 radical (unpaired) electrons. The van der Waals surface area contributed by atoms with Crippen molar-refractivity contribution in [3.8, 4) is 11.5 Å². The van der Waals surface area contributed by atoms with Gasteiger partial charge in [-0.15, -0.1) is 0 Å². The molecule has 21 heavy (non-hydrogen) atoms. The van der Waals surface area contributed by atoms with Crippen molar-refractivity contribution in [1.29, 1.82) is 0 Å². The van der Waals surface area contributed by atoms with Crippen LogP contribution in [0, 0.1) is 5.82 Å². The SMILES string of the molecule is COc1ccc(OC)c(C(CN)Cc2cccc(F)c2)c1. The van der Waals surface area contributed by atoms with Gasteiger partial charge >= 0.3 is 0 Å². The molecule has 0 heterocycles. The zero-order valence-corrected chi connectivity index (χ0v) is 12.3. The van der Waals surface area contributed by atoms with Crippen molar-refractivity contribution in [2.75, 3.05) is 20.8 Å². The summed E-state index contributed by atoms with van der Waals surface area (Å²) in [6, 6.07) is 12.2. The molecule has 112 valence electrons. The largest absolute Gasteiger partial charge is 0.497 e. The van der Waals surface area contributed by atoms with E-state index in [4.69, 9.17) is 15.2 Å². The minimum absolute atomic E-state index is 0.0387. The van der Waals surface area contributed by atoms with Crippen LogP contribution < -0.4 is 15.2 Å². The smallest absolute Gasteiger partial charge is 0.123 e. The molecule has 0 saturated carbocycles. The van der Waals surface area contributed by atoms with Crippen LogP contribution in [0.3, 0.4) is 0 Å². The number of benzene rings is 2. The molecule has 0 aliphatic carbocycles. The molecule has 3 nitrogen and oxygen atoms in total. The fourth-order valence-electron chi connectivity index (χ4n) is 2.43. The number of hydrogen-bond acceptors (Lipinski definition) is 3. The van der Waals surface area contributed by atoms with E-state index < -0.39 is 0 Å². The van der Waals surface area contributed by atoms with Gasteiger partial charge < -0.3 is 15.2 Å². The molecule has 2 aromatic carbocycles. The Kier molecular flexibility index (Phi) is 5.17. The van der Waals surface area contributed by atoms with Gasteiger partial charge in [-0.1, -0.05) is 12.1 Å². The maximum absolute atomic E-state index is 13.3. The highest BCUT2D eigenvalue weighted by atomic mass is 19.1. The highest BCUT2D eigenvalue weighted by molar-refractivity contribution is 5.43. The van der Waals surface area contributed by atoms with Crippen LogP contribution in [0.2, 0.25) is 0 Å². The van der Waals surface area contributed by atoms with Gasteiger partial charge in [-0.2, -0.15) is 0 Å². The standard InChI is InChI=1S/C17H20FNO2/c1-20-15-6-7-17(21-2)16(10-15)13(11-19)8-12-4-3-5-14(18)9-12/h3-7,9-10,13H,8,11,19H2,1-2H3. The molecule has 2 aromatic rings. The van der Waals surface area contributed by atoms with Crippen molar-refractivity contribution < 1.29 is 13.9 Å². The van der Waals surface area contributed by atoms with Crippen LogP contribution in [0.4, 0.5) is 4.39 Å². The molecular weight excluding hydrogens is 269 g/mol. The van der Waals surface area contributed by atoms with Gasteiger partial charge in [0.2, 0.25) is 0 Å². The van der Waals surface area contributed by atoms with Crippen LogP contribution in [0.1, 0.15) is 17.0 Å². The number of halogens is 1. The van der Waals surface area contributed by atoms with E-state index >= 15 is 0 Å². The Hall–Kier alpha value is -2.07. The van der Waals surface area contributed by atoms with E-state index in [1.807, 2.05) is 24.3 Å². The molecular formula is C17H20FNO2. The molecule has 0 aromatic heterocycles. The predicted octanol–water partition coefficient (Wildman–Crippen LogP) is 3.13. The van der Waals surface area contributed by atoms with E-state index in [0.717, 1.165) is 22.6 Å². The van der Waals surface area contributed by atoms with Gasteiger partial charge in [0.1, 0.15) is 17.3 Å². The molecule has 2 N–H and O–H groups in total. The summed E-state index contributed by atoms with van der Waals surface area (Å²) in [4.78, 5) is 0. The maximum Gasteiger partial charge on any atom is 0.123 e. The van der Waals surface area contributed by atoms with Gasteiger partial charge in [-0.05, 0) is 48.9 Å². The Morgan fingerprint density at radius 3 is 2.52 bits per heavy atom. The normalized spacial score (nSPS) is 12.0. The van der Waals surface area contributed by atoms with E-state index in [0.29, 0.717) is 13.0 Å². The van der Waals surface area contributed by atoms with Crippen molar-refractivity contribution in [3.05, 3.63) is 59.4 Å². The Morgan fingerprint density at radius 2 is 1.90 bits per heavy atom. The lowest BCUT2D eigenvalue weighted by Crippen LogP contribution is -2.16. The Labute approximate surface area is 124 Å². The Balaban J connectivity index is 2.32. The first-order chi connectivity index (χ1) is 10.2. The lowest BCUT2D eigenvalue weighted by atomic mass is 9.91. The van der Waals surface area contributed by atoms with Gasteiger partial charge in [0.15, 0.2) is 0 Å². The zero-order chi connectivity index (χ0) is 15.2. The van der Waals surface area contributed by atoms with Crippen LogP contribution in [0.15, 0.2) is 42.5 Å². The van der Waals surface area contributed by atoms with Crippen LogP contribution >= 0.6 is 0 Å². The van der Waals surface area contributed by atoms with Crippen molar-refractivity contribution in [2.45, 2.75) is 12.3 Å². The van der Waals surface area contributed by atoms with Crippen molar-refractivity contribution >= 4 is 0 Å². The van der Waals surface area contributed by atoms with Crippen molar-refractivity contribution in [1.82, 2.24) is 0 Å². The Morgan fingerprint density at radius 1 is 1.10 bits per heavy atom. The average Bonchev–Trinajstić information content (AvgIpc) is 2.52. The summed E-state index contributed by atoms with van der Waals surface area (Å²) < 4.78 is 24.0. The highest BCUT2D eigenvalue weighted by Crippen LogP contribution is 2.32. The topological polar surface area (TPSA) is 44.5 Å². The summed E-state index contributed by atoms with van der Waals surface area (Å²) in [7, 11) is 3.25. The van der Waals surface area contributed by atoms with E-state index in [-0.39, 0.29) is 11.7 Å². The van der Waals surface area contributed by atoms with Crippen LogP contribution in [-0.4, -0.2) is 20.8 Å². The van der Waals surface area contributed by atoms with Gasteiger partial charge in [-0.25, -0.2) is 4.39 Å². The van der Waals surface area contributed by atoms with E-state index in [9.17, 15) is 4.39 Å². The number of nitrogens with two attached hydrogens (primary N) is 1. The summed E-state index contributed by atoms with van der Waals surface area (Å²) >= 11 is 0. The van der Waals surface area contributed by atoms with Gasteiger partial charge in [0, 0.05) is 11.5 Å². The number of hydrogen-bond donors (Lipinski definition) is 1. The zero-order valence-electron chi connectivity index (χ0n) is 12.3. The van der Waals surface area contributed by atoms with E-state index in [2.05, 4.69) is 0 Å². The molecule has 0 aliphatic heterocycles. The fraction of sp³-hybridized carbons (Fsp3) is 0.294. The van der Waals surface area contributed by atoms with Gasteiger partial charge in [-0.3, -0.25) is 0 Å². The molecule has 0 fully saturated rings. The lowest BCUT2D eigenvalue weighted by Gasteiger charge is -2.19. The fourth-order valence-corrected chi connectivity index (χ4v) is 2.43. The second-order valence-corrected chi connectivity index (χ2v) is 4.87. The molecule has 2 rings (SSSR count). The lowest BCUT2D eigenvalue weighted by molar-refractivity contribution is 0.395. The predicted molar refractivity (Wildman–Crippen MR) is 81.4 cm³/mol. The molecule has 1 atom stereocenters. The minimum Gasteiger partial charge on any atom is -0.497 e. The average molecular weight is 289 g/mol. The molecule has 0 amide bonds. The first-order valence-electron chi connectivity index (χ1n) is 6.84. The second-order valence-electron chi connectivity index (χ2n) is 4.87. The summed E-state index contributed by atoms with van der Waals surface area (Å²) in [5, 5.41) is 0. The van der Waals surface area contributed by atoms with Crippen LogP contribution in [0.25, 0.3) is 0 Å².